The molecule has 18 heavy (non-hydrogen) atoms. The summed E-state index contributed by atoms with van der Waals surface area (Å²) in [4.78, 5) is 0. The summed E-state index contributed by atoms with van der Waals surface area (Å²) in [7, 11) is 1.64. The summed E-state index contributed by atoms with van der Waals surface area (Å²) in [6.07, 6.45) is 0.746. The van der Waals surface area contributed by atoms with Crippen molar-refractivity contribution < 1.29 is 9.47 Å². The first kappa shape index (κ1) is 14.9. The predicted octanol–water partition coefficient (Wildman–Crippen LogP) is 3.11. The summed E-state index contributed by atoms with van der Waals surface area (Å²) in [5.74, 6) is 1.63. The number of hydrogen-bond donors (Lipinski definition) is 1. The Morgan fingerprint density at radius 1 is 1.50 bits per heavy atom. The van der Waals surface area contributed by atoms with Crippen LogP contribution in [0.3, 0.4) is 0 Å². The lowest BCUT2D eigenvalue weighted by atomic mass is 10.1. The van der Waals surface area contributed by atoms with E-state index in [4.69, 9.17) is 26.8 Å². The Kier molecular flexibility index (Phi) is 6.02. The number of methoxy groups -OCH3 is 1. The highest BCUT2D eigenvalue weighted by Crippen LogP contribution is 2.25. The molecule has 0 aromatic heterocycles. The zero-order valence-electron chi connectivity index (χ0n) is 11.1. The smallest absolute Gasteiger partial charge is 0.123 e. The van der Waals surface area contributed by atoms with Crippen LogP contribution >= 0.6 is 11.6 Å². The van der Waals surface area contributed by atoms with Crippen LogP contribution in [0.4, 0.5) is 0 Å². The van der Waals surface area contributed by atoms with Gasteiger partial charge in [0.15, 0.2) is 0 Å². The maximum Gasteiger partial charge on any atom is 0.123 e. The number of rotatable bonds is 6. The number of benzene rings is 1. The number of hydrogen-bond acceptors (Lipinski definition) is 3. The Balaban J connectivity index is 2.87. The predicted molar refractivity (Wildman–Crippen MR) is 75.5 cm³/mol. The fourth-order valence-electron chi connectivity index (χ4n) is 1.55. The second-order valence-electron chi connectivity index (χ2n) is 4.40. The minimum atomic E-state index is 0.0733. The van der Waals surface area contributed by atoms with Crippen molar-refractivity contribution in [1.82, 2.24) is 0 Å². The van der Waals surface area contributed by atoms with E-state index in [0.29, 0.717) is 6.61 Å². The van der Waals surface area contributed by atoms with Crippen molar-refractivity contribution in [3.8, 4) is 11.5 Å². The molecule has 0 spiro atoms. The minimum Gasteiger partial charge on any atom is -0.497 e. The van der Waals surface area contributed by atoms with Gasteiger partial charge in [0.2, 0.25) is 0 Å². The third-order valence-corrected chi connectivity index (χ3v) is 2.82. The highest BCUT2D eigenvalue weighted by molar-refractivity contribution is 6.25. The first-order chi connectivity index (χ1) is 8.56. The standard InChI is InChI=1S/C14H20ClNO2/c1-10(8-15)9-18-14-5-4-13(17-3)7-12(14)6-11(2)16/h4-5,7-8,11H,6,9,16H2,1-3H3/b10-8+. The molecule has 0 heterocycles. The van der Waals surface area contributed by atoms with E-state index in [0.717, 1.165) is 29.1 Å². The Morgan fingerprint density at radius 2 is 2.22 bits per heavy atom. The summed E-state index contributed by atoms with van der Waals surface area (Å²) in [6, 6.07) is 5.81. The molecule has 1 atom stereocenters. The molecular formula is C14H20ClNO2. The van der Waals surface area contributed by atoms with Gasteiger partial charge in [-0.25, -0.2) is 0 Å². The molecule has 0 bridgehead atoms. The summed E-state index contributed by atoms with van der Waals surface area (Å²) in [6.45, 7) is 4.36. The Bertz CT molecular complexity index is 416. The van der Waals surface area contributed by atoms with Crippen LogP contribution in [0.25, 0.3) is 0 Å². The Labute approximate surface area is 114 Å². The molecule has 4 heteroatoms. The zero-order chi connectivity index (χ0) is 13.5. The lowest BCUT2D eigenvalue weighted by molar-refractivity contribution is 0.346. The van der Waals surface area contributed by atoms with Gasteiger partial charge in [0, 0.05) is 11.6 Å². The largest absolute Gasteiger partial charge is 0.497 e. The zero-order valence-corrected chi connectivity index (χ0v) is 11.8. The second kappa shape index (κ2) is 7.29. The summed E-state index contributed by atoms with van der Waals surface area (Å²) in [5, 5.41) is 0. The van der Waals surface area contributed by atoms with Gasteiger partial charge in [0.25, 0.3) is 0 Å². The molecule has 1 aromatic carbocycles. The van der Waals surface area contributed by atoms with Crippen LogP contribution in [0.1, 0.15) is 19.4 Å². The molecule has 1 rings (SSSR count). The van der Waals surface area contributed by atoms with Crippen molar-refractivity contribution in [3.05, 3.63) is 34.9 Å². The molecule has 0 saturated heterocycles. The quantitative estimate of drug-likeness (QED) is 0.863. The van der Waals surface area contributed by atoms with E-state index in [1.807, 2.05) is 32.0 Å². The van der Waals surface area contributed by atoms with Gasteiger partial charge in [0.1, 0.15) is 18.1 Å². The molecule has 0 aliphatic rings. The third kappa shape index (κ3) is 4.59. The summed E-state index contributed by atoms with van der Waals surface area (Å²) >= 11 is 5.61. The highest BCUT2D eigenvalue weighted by Gasteiger charge is 2.08. The van der Waals surface area contributed by atoms with E-state index in [9.17, 15) is 0 Å². The first-order valence-corrected chi connectivity index (χ1v) is 6.31. The van der Waals surface area contributed by atoms with Crippen molar-refractivity contribution in [2.24, 2.45) is 5.73 Å². The fraction of sp³-hybridized carbons (Fsp3) is 0.429. The van der Waals surface area contributed by atoms with Crippen LogP contribution in [0.15, 0.2) is 29.3 Å². The van der Waals surface area contributed by atoms with Crippen LogP contribution in [0.5, 0.6) is 11.5 Å². The van der Waals surface area contributed by atoms with Crippen LogP contribution < -0.4 is 15.2 Å². The highest BCUT2D eigenvalue weighted by atomic mass is 35.5. The summed E-state index contributed by atoms with van der Waals surface area (Å²) in [5.41, 5.74) is 9.38. The van der Waals surface area contributed by atoms with E-state index in [1.165, 1.54) is 5.54 Å². The van der Waals surface area contributed by atoms with Gasteiger partial charge in [-0.1, -0.05) is 11.6 Å². The molecule has 0 fully saturated rings. The van der Waals surface area contributed by atoms with Gasteiger partial charge in [-0.2, -0.15) is 0 Å². The molecule has 0 radical (unpaired) electrons. The van der Waals surface area contributed by atoms with Crippen LogP contribution in [0, 0.1) is 0 Å². The maximum absolute atomic E-state index is 5.84. The van der Waals surface area contributed by atoms with Crippen molar-refractivity contribution in [2.75, 3.05) is 13.7 Å². The van der Waals surface area contributed by atoms with Crippen LogP contribution in [-0.2, 0) is 6.42 Å². The van der Waals surface area contributed by atoms with Crippen LogP contribution in [-0.4, -0.2) is 19.8 Å². The minimum absolute atomic E-state index is 0.0733. The molecule has 100 valence electrons. The summed E-state index contributed by atoms with van der Waals surface area (Å²) < 4.78 is 10.9. The van der Waals surface area contributed by atoms with Crippen molar-refractivity contribution in [3.63, 3.8) is 0 Å². The molecule has 2 N–H and O–H groups in total. The normalized spacial score (nSPS) is 13.3. The average Bonchev–Trinajstić information content (AvgIpc) is 2.36. The molecule has 0 amide bonds. The number of ether oxygens (including phenoxy) is 2. The number of nitrogens with two attached hydrogens (primary N) is 1. The monoisotopic (exact) mass is 269 g/mol. The average molecular weight is 270 g/mol. The van der Waals surface area contributed by atoms with Gasteiger partial charge in [-0.05, 0) is 49.6 Å². The molecule has 1 unspecified atom stereocenters. The lowest BCUT2D eigenvalue weighted by Gasteiger charge is -2.14. The molecule has 1 aromatic rings. The van der Waals surface area contributed by atoms with Gasteiger partial charge >= 0.3 is 0 Å². The van der Waals surface area contributed by atoms with Gasteiger partial charge in [-0.15, -0.1) is 0 Å². The molecule has 0 aliphatic heterocycles. The SMILES string of the molecule is COc1ccc(OC/C(C)=C/Cl)c(CC(C)N)c1. The van der Waals surface area contributed by atoms with Crippen LogP contribution in [0.2, 0.25) is 0 Å². The third-order valence-electron chi connectivity index (χ3n) is 2.45. The maximum atomic E-state index is 5.84. The topological polar surface area (TPSA) is 44.5 Å². The molecular weight excluding hydrogens is 250 g/mol. The number of halogens is 1. The van der Waals surface area contributed by atoms with E-state index in [-0.39, 0.29) is 6.04 Å². The second-order valence-corrected chi connectivity index (χ2v) is 4.62. The Hall–Kier alpha value is -1.19. The van der Waals surface area contributed by atoms with Crippen molar-refractivity contribution >= 4 is 11.6 Å². The van der Waals surface area contributed by atoms with Gasteiger partial charge in [0.05, 0.1) is 7.11 Å². The molecule has 0 aliphatic carbocycles. The van der Waals surface area contributed by atoms with Gasteiger partial charge < -0.3 is 15.2 Å². The lowest BCUT2D eigenvalue weighted by Crippen LogP contribution is -2.18. The Morgan fingerprint density at radius 3 is 2.78 bits per heavy atom. The van der Waals surface area contributed by atoms with E-state index >= 15 is 0 Å². The van der Waals surface area contributed by atoms with E-state index in [2.05, 4.69) is 0 Å². The van der Waals surface area contributed by atoms with Gasteiger partial charge in [-0.3, -0.25) is 0 Å². The van der Waals surface area contributed by atoms with Crippen molar-refractivity contribution in [1.29, 1.82) is 0 Å². The van der Waals surface area contributed by atoms with E-state index in [1.54, 1.807) is 7.11 Å². The van der Waals surface area contributed by atoms with E-state index < -0.39 is 0 Å². The fourth-order valence-corrected chi connectivity index (χ4v) is 1.62. The van der Waals surface area contributed by atoms with Crippen molar-refractivity contribution in [2.45, 2.75) is 26.3 Å². The molecule has 0 saturated carbocycles. The molecule has 3 nitrogen and oxygen atoms in total. The first-order valence-electron chi connectivity index (χ1n) is 5.88.